The Balaban J connectivity index is 1.81. The molecule has 3 rings (SSSR count). The molecule has 0 saturated carbocycles. The van der Waals surface area contributed by atoms with E-state index in [0.717, 1.165) is 28.0 Å². The molecule has 1 saturated heterocycles. The molecule has 0 unspecified atom stereocenters. The van der Waals surface area contributed by atoms with Gasteiger partial charge >= 0.3 is 5.69 Å². The van der Waals surface area contributed by atoms with E-state index in [2.05, 4.69) is 11.4 Å². The maximum Gasteiger partial charge on any atom is 0.330 e. The molecule has 1 fully saturated rings. The zero-order valence-corrected chi connectivity index (χ0v) is 15.9. The lowest BCUT2D eigenvalue weighted by atomic mass is 9.74. The van der Waals surface area contributed by atoms with E-state index < -0.39 is 0 Å². The van der Waals surface area contributed by atoms with E-state index in [4.69, 9.17) is 16.3 Å². The second kappa shape index (κ2) is 7.78. The van der Waals surface area contributed by atoms with Gasteiger partial charge in [-0.2, -0.15) is 0 Å². The first-order chi connectivity index (χ1) is 12.4. The van der Waals surface area contributed by atoms with E-state index in [-0.39, 0.29) is 16.7 Å². The van der Waals surface area contributed by atoms with E-state index in [0.29, 0.717) is 31.9 Å². The van der Waals surface area contributed by atoms with Gasteiger partial charge in [-0.3, -0.25) is 9.36 Å². The maximum absolute atomic E-state index is 12.3. The van der Waals surface area contributed by atoms with Crippen LogP contribution in [0.1, 0.15) is 24.0 Å². The lowest BCUT2D eigenvalue weighted by Crippen LogP contribution is -2.44. The third-order valence-electron chi connectivity index (χ3n) is 5.19. The summed E-state index contributed by atoms with van der Waals surface area (Å²) in [7, 11) is 3.15. The minimum Gasteiger partial charge on any atom is -0.381 e. The standard InChI is InChI=1S/C19H24ClN3O3/c1-22-12-14(17(24)23(2)18(22)25)11-21-13-19(7-9-26-10-8-19)15-5-3-4-6-16(15)20/h3-6,12,21H,7-11,13H2,1-2H3. The van der Waals surface area contributed by atoms with Crippen LogP contribution in [0.3, 0.4) is 0 Å². The normalized spacial score (nSPS) is 16.6. The number of aryl methyl sites for hydroxylation is 1. The molecule has 1 aromatic carbocycles. The molecule has 2 heterocycles. The Morgan fingerprint density at radius 3 is 2.58 bits per heavy atom. The topological polar surface area (TPSA) is 65.3 Å². The Labute approximate surface area is 157 Å². The van der Waals surface area contributed by atoms with Gasteiger partial charge < -0.3 is 14.6 Å². The van der Waals surface area contributed by atoms with Gasteiger partial charge in [0.1, 0.15) is 0 Å². The van der Waals surface area contributed by atoms with Crippen LogP contribution in [-0.4, -0.2) is 28.9 Å². The Morgan fingerprint density at radius 1 is 1.19 bits per heavy atom. The SMILES string of the molecule is Cn1cc(CNCC2(c3ccccc3Cl)CCOCC2)c(=O)n(C)c1=O. The molecule has 7 heteroatoms. The highest BCUT2D eigenvalue weighted by Gasteiger charge is 2.35. The van der Waals surface area contributed by atoms with Crippen molar-refractivity contribution in [2.24, 2.45) is 14.1 Å². The predicted octanol–water partition coefficient (Wildman–Crippen LogP) is 1.58. The van der Waals surface area contributed by atoms with Crippen LogP contribution < -0.4 is 16.6 Å². The maximum atomic E-state index is 12.3. The van der Waals surface area contributed by atoms with Gasteiger partial charge in [0.15, 0.2) is 0 Å². The van der Waals surface area contributed by atoms with Crippen molar-refractivity contribution in [3.8, 4) is 0 Å². The zero-order valence-electron chi connectivity index (χ0n) is 15.1. The summed E-state index contributed by atoms with van der Waals surface area (Å²) < 4.78 is 8.11. The van der Waals surface area contributed by atoms with Crippen LogP contribution in [0, 0.1) is 0 Å². The van der Waals surface area contributed by atoms with Gasteiger partial charge in [-0.05, 0) is 24.5 Å². The fourth-order valence-corrected chi connectivity index (χ4v) is 3.97. The van der Waals surface area contributed by atoms with E-state index in [1.165, 1.54) is 11.6 Å². The van der Waals surface area contributed by atoms with Crippen LogP contribution in [0.5, 0.6) is 0 Å². The van der Waals surface area contributed by atoms with Gasteiger partial charge in [0.2, 0.25) is 0 Å². The summed E-state index contributed by atoms with van der Waals surface area (Å²) in [4.78, 5) is 24.1. The quantitative estimate of drug-likeness (QED) is 0.859. The number of hydrogen-bond donors (Lipinski definition) is 1. The smallest absolute Gasteiger partial charge is 0.330 e. The number of nitrogens with one attached hydrogen (secondary N) is 1. The van der Waals surface area contributed by atoms with Gasteiger partial charge in [0, 0.05) is 62.6 Å². The number of rotatable bonds is 5. The molecule has 1 aromatic heterocycles. The summed E-state index contributed by atoms with van der Waals surface area (Å²) in [6.45, 7) is 2.46. The largest absolute Gasteiger partial charge is 0.381 e. The number of hydrogen-bond acceptors (Lipinski definition) is 4. The highest BCUT2D eigenvalue weighted by molar-refractivity contribution is 6.31. The van der Waals surface area contributed by atoms with E-state index in [1.807, 2.05) is 18.2 Å². The van der Waals surface area contributed by atoms with E-state index in [9.17, 15) is 9.59 Å². The van der Waals surface area contributed by atoms with Gasteiger partial charge in [-0.15, -0.1) is 0 Å². The molecule has 1 aliphatic rings. The first-order valence-corrected chi connectivity index (χ1v) is 9.11. The molecule has 0 spiro atoms. The zero-order chi connectivity index (χ0) is 18.7. The first-order valence-electron chi connectivity index (χ1n) is 8.74. The summed E-state index contributed by atoms with van der Waals surface area (Å²) in [5, 5.41) is 4.17. The Hall–Kier alpha value is -1.89. The second-order valence-corrected chi connectivity index (χ2v) is 7.30. The number of benzene rings is 1. The minimum atomic E-state index is -0.323. The highest BCUT2D eigenvalue weighted by atomic mass is 35.5. The third-order valence-corrected chi connectivity index (χ3v) is 5.52. The van der Waals surface area contributed by atoms with Crippen molar-refractivity contribution in [2.45, 2.75) is 24.8 Å². The van der Waals surface area contributed by atoms with Crippen molar-refractivity contribution in [3.63, 3.8) is 0 Å². The fraction of sp³-hybridized carbons (Fsp3) is 0.474. The molecule has 0 radical (unpaired) electrons. The van der Waals surface area contributed by atoms with Crippen molar-refractivity contribution in [1.29, 1.82) is 0 Å². The Bertz CT molecular complexity index is 898. The van der Waals surface area contributed by atoms with Crippen molar-refractivity contribution < 1.29 is 4.74 Å². The lowest BCUT2D eigenvalue weighted by molar-refractivity contribution is 0.0498. The van der Waals surface area contributed by atoms with Crippen molar-refractivity contribution in [1.82, 2.24) is 14.5 Å². The number of aromatic nitrogens is 2. The Morgan fingerprint density at radius 2 is 1.88 bits per heavy atom. The van der Waals surface area contributed by atoms with Crippen LogP contribution >= 0.6 is 11.6 Å². The molecular formula is C19H24ClN3O3. The second-order valence-electron chi connectivity index (χ2n) is 6.89. The lowest BCUT2D eigenvalue weighted by Gasteiger charge is -2.38. The van der Waals surface area contributed by atoms with Crippen LogP contribution in [-0.2, 0) is 30.8 Å². The third kappa shape index (κ3) is 3.63. The van der Waals surface area contributed by atoms with Gasteiger partial charge in [0.05, 0.1) is 0 Å². The van der Waals surface area contributed by atoms with Gasteiger partial charge in [0.25, 0.3) is 5.56 Å². The summed E-state index contributed by atoms with van der Waals surface area (Å²) >= 11 is 6.47. The molecule has 1 aliphatic heterocycles. The average molecular weight is 378 g/mol. The van der Waals surface area contributed by atoms with E-state index >= 15 is 0 Å². The molecule has 0 amide bonds. The molecule has 26 heavy (non-hydrogen) atoms. The molecule has 0 aliphatic carbocycles. The summed E-state index contributed by atoms with van der Waals surface area (Å²) in [6, 6.07) is 7.92. The number of ether oxygens (including phenoxy) is 1. The van der Waals surface area contributed by atoms with Crippen molar-refractivity contribution >= 4 is 11.6 Å². The molecule has 0 atom stereocenters. The molecule has 1 N–H and O–H groups in total. The van der Waals surface area contributed by atoms with Gasteiger partial charge in [-0.1, -0.05) is 29.8 Å². The van der Waals surface area contributed by atoms with Crippen molar-refractivity contribution in [3.05, 3.63) is 67.4 Å². The first kappa shape index (κ1) is 18.9. The average Bonchev–Trinajstić information content (AvgIpc) is 2.65. The van der Waals surface area contributed by atoms with Crippen molar-refractivity contribution in [2.75, 3.05) is 19.8 Å². The molecule has 6 nitrogen and oxygen atoms in total. The van der Waals surface area contributed by atoms with Crippen LogP contribution in [0.4, 0.5) is 0 Å². The fourth-order valence-electron chi connectivity index (χ4n) is 3.64. The monoisotopic (exact) mass is 377 g/mol. The minimum absolute atomic E-state index is 0.123. The van der Waals surface area contributed by atoms with Crippen LogP contribution in [0.2, 0.25) is 5.02 Å². The van der Waals surface area contributed by atoms with E-state index in [1.54, 1.807) is 13.2 Å². The molecule has 2 aromatic rings. The van der Waals surface area contributed by atoms with Crippen LogP contribution in [0.15, 0.2) is 40.1 Å². The predicted molar refractivity (Wildman–Crippen MR) is 102 cm³/mol. The highest BCUT2D eigenvalue weighted by Crippen LogP contribution is 2.38. The summed E-state index contributed by atoms with van der Waals surface area (Å²) in [5.74, 6) is 0. The Kier molecular flexibility index (Phi) is 5.65. The molecular weight excluding hydrogens is 354 g/mol. The summed E-state index contributed by atoms with van der Waals surface area (Å²) in [6.07, 6.45) is 3.34. The van der Waals surface area contributed by atoms with Gasteiger partial charge in [-0.25, -0.2) is 4.79 Å². The summed E-state index contributed by atoms with van der Waals surface area (Å²) in [5.41, 5.74) is 0.972. The number of halogens is 1. The van der Waals surface area contributed by atoms with Crippen LogP contribution in [0.25, 0.3) is 0 Å². The molecule has 140 valence electrons. The molecule has 0 bridgehead atoms. The number of nitrogens with zero attached hydrogens (tertiary/aromatic N) is 2.